The molecule has 11 nitrogen and oxygen atoms in total. The summed E-state index contributed by atoms with van der Waals surface area (Å²) in [6, 6.07) is -4.33. The number of rotatable bonds is 16. The van der Waals surface area contributed by atoms with Crippen molar-refractivity contribution < 1.29 is 34.2 Å². The first kappa shape index (κ1) is 30.0. The first-order chi connectivity index (χ1) is 15.0. The van der Waals surface area contributed by atoms with Crippen molar-refractivity contribution in [2.45, 2.75) is 63.7 Å². The highest BCUT2D eigenvalue weighted by Gasteiger charge is 2.32. The Morgan fingerprint density at radius 3 is 2.03 bits per heavy atom. The zero-order valence-electron chi connectivity index (χ0n) is 18.5. The van der Waals surface area contributed by atoms with Crippen LogP contribution in [-0.4, -0.2) is 81.8 Å². The molecule has 0 bridgehead atoms. The number of thiol groups is 1. The van der Waals surface area contributed by atoms with Crippen LogP contribution in [0.25, 0.3) is 0 Å². The first-order valence-electron chi connectivity index (χ1n) is 10.2. The summed E-state index contributed by atoms with van der Waals surface area (Å²) in [6.45, 7) is 3.56. The van der Waals surface area contributed by atoms with Crippen LogP contribution in [0.2, 0.25) is 0 Å². The molecular weight excluding hydrogens is 460 g/mol. The third-order valence-electron chi connectivity index (χ3n) is 4.84. The van der Waals surface area contributed by atoms with Gasteiger partial charge >= 0.3 is 11.9 Å². The molecule has 0 rings (SSSR count). The number of carbonyl (C=O) groups is 5. The van der Waals surface area contributed by atoms with Gasteiger partial charge in [0.1, 0.15) is 18.1 Å². The number of hydrogen-bond acceptors (Lipinski definition) is 8. The van der Waals surface area contributed by atoms with Gasteiger partial charge in [-0.1, -0.05) is 20.3 Å². The molecule has 32 heavy (non-hydrogen) atoms. The van der Waals surface area contributed by atoms with Gasteiger partial charge in [0.25, 0.3) is 0 Å². The van der Waals surface area contributed by atoms with Crippen LogP contribution in [0.1, 0.15) is 39.5 Å². The molecule has 0 heterocycles. The van der Waals surface area contributed by atoms with Gasteiger partial charge in [0.2, 0.25) is 17.7 Å². The largest absolute Gasteiger partial charge is 0.481 e. The van der Waals surface area contributed by atoms with Crippen molar-refractivity contribution in [3.63, 3.8) is 0 Å². The zero-order chi connectivity index (χ0) is 24.8. The molecule has 5 unspecified atom stereocenters. The Balaban J connectivity index is 5.39. The van der Waals surface area contributed by atoms with Crippen molar-refractivity contribution in [1.82, 2.24) is 16.0 Å². The minimum Gasteiger partial charge on any atom is -0.481 e. The van der Waals surface area contributed by atoms with Crippen molar-refractivity contribution in [3.05, 3.63) is 0 Å². The van der Waals surface area contributed by atoms with Crippen LogP contribution in [0.4, 0.5) is 0 Å². The molecule has 5 atom stereocenters. The number of carbonyl (C=O) groups excluding carboxylic acids is 3. The van der Waals surface area contributed by atoms with Gasteiger partial charge in [-0.15, -0.1) is 0 Å². The van der Waals surface area contributed by atoms with E-state index in [4.69, 9.17) is 15.9 Å². The molecule has 0 fully saturated rings. The van der Waals surface area contributed by atoms with E-state index in [0.717, 1.165) is 0 Å². The second kappa shape index (κ2) is 15.8. The number of carboxylic acid groups (broad SMARTS) is 2. The summed E-state index contributed by atoms with van der Waals surface area (Å²) in [4.78, 5) is 59.8. The van der Waals surface area contributed by atoms with Gasteiger partial charge in [-0.2, -0.15) is 24.4 Å². The minimum atomic E-state index is -1.25. The Morgan fingerprint density at radius 1 is 0.969 bits per heavy atom. The number of nitrogens with one attached hydrogen (secondary N) is 3. The maximum Gasteiger partial charge on any atom is 0.327 e. The third kappa shape index (κ3) is 11.0. The fourth-order valence-corrected chi connectivity index (χ4v) is 3.31. The molecule has 0 saturated heterocycles. The van der Waals surface area contributed by atoms with E-state index in [9.17, 15) is 24.0 Å². The molecule has 0 aliphatic heterocycles. The first-order valence-corrected chi connectivity index (χ1v) is 12.2. The lowest BCUT2D eigenvalue weighted by atomic mass is 9.97. The van der Waals surface area contributed by atoms with Gasteiger partial charge < -0.3 is 31.9 Å². The predicted molar refractivity (Wildman–Crippen MR) is 125 cm³/mol. The monoisotopic (exact) mass is 494 g/mol. The predicted octanol–water partition coefficient (Wildman–Crippen LogP) is -0.553. The molecule has 0 aromatic heterocycles. The van der Waals surface area contributed by atoms with E-state index in [-0.39, 0.29) is 30.9 Å². The maximum atomic E-state index is 13.0. The van der Waals surface area contributed by atoms with Gasteiger partial charge in [0, 0.05) is 12.2 Å². The van der Waals surface area contributed by atoms with Crippen molar-refractivity contribution in [2.75, 3.05) is 17.8 Å². The third-order valence-corrected chi connectivity index (χ3v) is 5.85. The number of nitrogens with two attached hydrogens (primary N) is 1. The Morgan fingerprint density at radius 2 is 1.56 bits per heavy atom. The smallest absolute Gasteiger partial charge is 0.327 e. The Kier molecular flexibility index (Phi) is 14.8. The molecule has 0 saturated carbocycles. The van der Waals surface area contributed by atoms with Crippen molar-refractivity contribution >= 4 is 54.1 Å². The van der Waals surface area contributed by atoms with E-state index in [0.29, 0.717) is 12.2 Å². The van der Waals surface area contributed by atoms with Crippen molar-refractivity contribution in [1.29, 1.82) is 0 Å². The molecule has 0 spiro atoms. The van der Waals surface area contributed by atoms with Crippen LogP contribution in [0, 0.1) is 5.92 Å². The van der Waals surface area contributed by atoms with Gasteiger partial charge in [-0.3, -0.25) is 19.2 Å². The fourth-order valence-electron chi connectivity index (χ4n) is 2.60. The molecule has 13 heteroatoms. The number of amides is 3. The molecule has 184 valence electrons. The summed E-state index contributed by atoms with van der Waals surface area (Å²) in [6.07, 6.45) is 2.23. The summed E-state index contributed by atoms with van der Waals surface area (Å²) in [5.41, 5.74) is 5.73. The molecule has 0 aliphatic carbocycles. The quantitative estimate of drug-likeness (QED) is 0.138. The second-order valence-electron chi connectivity index (χ2n) is 7.34. The Bertz CT molecular complexity index is 666. The lowest BCUT2D eigenvalue weighted by Gasteiger charge is -2.27. The van der Waals surface area contributed by atoms with Gasteiger partial charge in [-0.25, -0.2) is 4.79 Å². The average molecular weight is 495 g/mol. The molecule has 0 aromatic rings. The fraction of sp³-hybridized carbons (Fsp3) is 0.737. The summed E-state index contributed by atoms with van der Waals surface area (Å²) >= 11 is 5.36. The van der Waals surface area contributed by atoms with E-state index in [1.807, 2.05) is 13.2 Å². The number of carboxylic acids is 2. The van der Waals surface area contributed by atoms with Crippen LogP contribution in [0.5, 0.6) is 0 Å². The van der Waals surface area contributed by atoms with Crippen LogP contribution in [0.15, 0.2) is 0 Å². The molecule has 0 aliphatic rings. The lowest BCUT2D eigenvalue weighted by molar-refractivity contribution is -0.141. The molecule has 0 aromatic carbocycles. The van der Waals surface area contributed by atoms with Gasteiger partial charge in [0.15, 0.2) is 0 Å². The maximum absolute atomic E-state index is 13.0. The lowest BCUT2D eigenvalue weighted by Crippen LogP contribution is -2.58. The SMILES string of the molecule is CCC(C)C(NC(=O)C(N)CCC(=O)O)C(=O)NC(CCSC)C(=O)NC(CS)C(=O)O. The molecular formula is C19H34N4O7S2. The van der Waals surface area contributed by atoms with Gasteiger partial charge in [-0.05, 0) is 30.8 Å². The van der Waals surface area contributed by atoms with Crippen LogP contribution in [0.3, 0.4) is 0 Å². The van der Waals surface area contributed by atoms with E-state index in [1.165, 1.54) is 11.8 Å². The normalized spacial score (nSPS) is 15.5. The van der Waals surface area contributed by atoms with E-state index in [2.05, 4.69) is 28.6 Å². The Hall–Kier alpha value is -1.99. The van der Waals surface area contributed by atoms with Crippen LogP contribution < -0.4 is 21.7 Å². The number of hydrogen-bond donors (Lipinski definition) is 7. The van der Waals surface area contributed by atoms with Crippen molar-refractivity contribution in [2.24, 2.45) is 11.7 Å². The summed E-state index contributed by atoms with van der Waals surface area (Å²) < 4.78 is 0. The van der Waals surface area contributed by atoms with E-state index < -0.39 is 53.8 Å². The van der Waals surface area contributed by atoms with Crippen LogP contribution in [-0.2, 0) is 24.0 Å². The topological polar surface area (TPSA) is 188 Å². The van der Waals surface area contributed by atoms with Crippen LogP contribution >= 0.6 is 24.4 Å². The molecule has 0 radical (unpaired) electrons. The molecule has 7 N–H and O–H groups in total. The summed E-state index contributed by atoms with van der Waals surface area (Å²) in [5.74, 6) is -4.19. The van der Waals surface area contributed by atoms with Crippen molar-refractivity contribution in [3.8, 4) is 0 Å². The highest BCUT2D eigenvalue weighted by molar-refractivity contribution is 7.98. The van der Waals surface area contributed by atoms with E-state index in [1.54, 1.807) is 6.92 Å². The standard InChI is InChI=1S/C19H34N4O7S2/c1-4-10(2)15(23-16(26)11(20)5-6-14(24)25)18(28)21-12(7-8-32-3)17(27)22-13(9-31)19(29)30/h10-13,15,31H,4-9,20H2,1-3H3,(H,21,28)(H,22,27)(H,23,26)(H,24,25)(H,29,30). The van der Waals surface area contributed by atoms with E-state index >= 15 is 0 Å². The second-order valence-corrected chi connectivity index (χ2v) is 8.69. The number of thioether (sulfide) groups is 1. The number of aliphatic carboxylic acids is 2. The minimum absolute atomic E-state index is 0.0882. The Labute approximate surface area is 197 Å². The summed E-state index contributed by atoms with van der Waals surface area (Å²) in [7, 11) is 0. The highest BCUT2D eigenvalue weighted by Crippen LogP contribution is 2.11. The zero-order valence-corrected chi connectivity index (χ0v) is 20.2. The molecule has 3 amide bonds. The average Bonchev–Trinajstić information content (AvgIpc) is 2.75. The summed E-state index contributed by atoms with van der Waals surface area (Å²) in [5, 5.41) is 25.4. The van der Waals surface area contributed by atoms with Gasteiger partial charge in [0.05, 0.1) is 6.04 Å². The highest BCUT2D eigenvalue weighted by atomic mass is 32.2.